The minimum absolute atomic E-state index is 0.0965. The zero-order valence-electron chi connectivity index (χ0n) is 16.5. The molecule has 7 nitrogen and oxygen atoms in total. The highest BCUT2D eigenvalue weighted by atomic mass is 16.2. The fourth-order valence-corrected chi connectivity index (χ4v) is 4.55. The average molecular weight is 366 g/mol. The fraction of sp³-hybridized carbons (Fsp3) is 0.895. The lowest BCUT2D eigenvalue weighted by Gasteiger charge is -2.43. The molecule has 0 aromatic rings. The molecule has 0 saturated carbocycles. The van der Waals surface area contributed by atoms with Gasteiger partial charge in [-0.2, -0.15) is 0 Å². The van der Waals surface area contributed by atoms with Crippen molar-refractivity contribution in [1.82, 2.24) is 24.9 Å². The van der Waals surface area contributed by atoms with Crippen LogP contribution in [0.2, 0.25) is 0 Å². The number of piperidine rings is 2. The fourth-order valence-electron chi connectivity index (χ4n) is 4.55. The Morgan fingerprint density at radius 1 is 0.962 bits per heavy atom. The van der Waals surface area contributed by atoms with Crippen LogP contribution in [0.15, 0.2) is 0 Å². The Balaban J connectivity index is 1.46. The van der Waals surface area contributed by atoms with Gasteiger partial charge in [0.25, 0.3) is 0 Å². The Labute approximate surface area is 157 Å². The van der Waals surface area contributed by atoms with Crippen LogP contribution >= 0.6 is 0 Å². The van der Waals surface area contributed by atoms with Crippen molar-refractivity contribution in [1.29, 1.82) is 0 Å². The second-order valence-electron chi connectivity index (χ2n) is 8.14. The number of nitrogens with one attached hydrogen (secondary N) is 1. The van der Waals surface area contributed by atoms with Crippen LogP contribution in [0, 0.1) is 5.92 Å². The summed E-state index contributed by atoms with van der Waals surface area (Å²) in [6, 6.07) is 0.569. The van der Waals surface area contributed by atoms with E-state index >= 15 is 0 Å². The summed E-state index contributed by atoms with van der Waals surface area (Å²) in [4.78, 5) is 33.6. The van der Waals surface area contributed by atoms with Crippen LogP contribution in [-0.2, 0) is 9.59 Å². The van der Waals surface area contributed by atoms with Crippen molar-refractivity contribution in [2.75, 3.05) is 73.0 Å². The highest BCUT2D eigenvalue weighted by Gasteiger charge is 2.34. The van der Waals surface area contributed by atoms with E-state index < -0.39 is 0 Å². The molecule has 1 atom stereocenters. The molecule has 0 aromatic heterocycles. The van der Waals surface area contributed by atoms with Crippen LogP contribution in [0.1, 0.15) is 25.7 Å². The van der Waals surface area contributed by atoms with Crippen molar-refractivity contribution in [2.24, 2.45) is 5.92 Å². The SMILES string of the molecule is CNC(=O)CN1CCC(N2CCC[C@@H](C(=O)N3CCN(C)CC3)C2)CC1. The molecule has 0 radical (unpaired) electrons. The lowest BCUT2D eigenvalue weighted by atomic mass is 9.92. The number of carbonyl (C=O) groups excluding carboxylic acids is 2. The Morgan fingerprint density at radius 3 is 2.31 bits per heavy atom. The third kappa shape index (κ3) is 4.96. The quantitative estimate of drug-likeness (QED) is 0.740. The third-order valence-electron chi connectivity index (χ3n) is 6.34. The van der Waals surface area contributed by atoms with Gasteiger partial charge < -0.3 is 15.1 Å². The van der Waals surface area contributed by atoms with Gasteiger partial charge in [0.1, 0.15) is 0 Å². The number of rotatable bonds is 4. The van der Waals surface area contributed by atoms with Gasteiger partial charge in [0.05, 0.1) is 12.5 Å². The van der Waals surface area contributed by atoms with E-state index in [0.29, 0.717) is 18.5 Å². The number of likely N-dealkylation sites (N-methyl/N-ethyl adjacent to an activating group) is 2. The lowest BCUT2D eigenvalue weighted by Crippen LogP contribution is -2.54. The Bertz CT molecular complexity index is 484. The van der Waals surface area contributed by atoms with Gasteiger partial charge in [-0.3, -0.25) is 19.4 Å². The van der Waals surface area contributed by atoms with E-state index in [2.05, 4.69) is 32.0 Å². The molecule has 148 valence electrons. The Hall–Kier alpha value is -1.18. The molecule has 7 heteroatoms. The van der Waals surface area contributed by atoms with Gasteiger partial charge in [-0.25, -0.2) is 0 Å². The summed E-state index contributed by atoms with van der Waals surface area (Å²) < 4.78 is 0. The van der Waals surface area contributed by atoms with Gasteiger partial charge in [0.2, 0.25) is 11.8 Å². The van der Waals surface area contributed by atoms with Crippen molar-refractivity contribution in [3.63, 3.8) is 0 Å². The highest BCUT2D eigenvalue weighted by Crippen LogP contribution is 2.25. The van der Waals surface area contributed by atoms with Gasteiger partial charge in [0, 0.05) is 58.9 Å². The molecule has 3 aliphatic heterocycles. The molecule has 3 fully saturated rings. The van der Waals surface area contributed by atoms with Crippen LogP contribution in [-0.4, -0.2) is 110 Å². The lowest BCUT2D eigenvalue weighted by molar-refractivity contribution is -0.139. The zero-order valence-corrected chi connectivity index (χ0v) is 16.5. The number of likely N-dealkylation sites (tertiary alicyclic amines) is 2. The maximum absolute atomic E-state index is 12.9. The summed E-state index contributed by atoms with van der Waals surface area (Å²) in [5.41, 5.74) is 0. The third-order valence-corrected chi connectivity index (χ3v) is 6.34. The maximum Gasteiger partial charge on any atom is 0.233 e. The molecular formula is C19H35N5O2. The largest absolute Gasteiger partial charge is 0.358 e. The minimum atomic E-state index is 0.0965. The topological polar surface area (TPSA) is 59.1 Å². The molecule has 3 saturated heterocycles. The highest BCUT2D eigenvalue weighted by molar-refractivity contribution is 5.79. The molecule has 0 spiro atoms. The molecule has 3 rings (SSSR count). The van der Waals surface area contributed by atoms with Crippen molar-refractivity contribution >= 4 is 11.8 Å². The maximum atomic E-state index is 12.9. The molecule has 0 unspecified atom stereocenters. The van der Waals surface area contributed by atoms with Crippen molar-refractivity contribution in [3.05, 3.63) is 0 Å². The molecule has 3 aliphatic rings. The number of carbonyl (C=O) groups is 2. The van der Waals surface area contributed by atoms with Crippen LogP contribution in [0.3, 0.4) is 0 Å². The number of hydrogen-bond acceptors (Lipinski definition) is 5. The Morgan fingerprint density at radius 2 is 1.65 bits per heavy atom. The van der Waals surface area contributed by atoms with Gasteiger partial charge in [-0.15, -0.1) is 0 Å². The van der Waals surface area contributed by atoms with Gasteiger partial charge in [-0.05, 0) is 39.3 Å². The van der Waals surface area contributed by atoms with Crippen molar-refractivity contribution < 1.29 is 9.59 Å². The normalized spacial score (nSPS) is 27.5. The average Bonchev–Trinajstić information content (AvgIpc) is 2.68. The number of piperazine rings is 1. The summed E-state index contributed by atoms with van der Waals surface area (Å²) in [5.74, 6) is 0.648. The molecule has 0 aliphatic carbocycles. The predicted octanol–water partition coefficient (Wildman–Crippen LogP) is -0.317. The molecule has 2 amide bonds. The van der Waals surface area contributed by atoms with Crippen molar-refractivity contribution in [2.45, 2.75) is 31.7 Å². The summed E-state index contributed by atoms with van der Waals surface area (Å²) >= 11 is 0. The smallest absolute Gasteiger partial charge is 0.233 e. The monoisotopic (exact) mass is 365 g/mol. The van der Waals surface area contributed by atoms with E-state index in [1.165, 1.54) is 0 Å². The molecule has 1 N–H and O–H groups in total. The molecule has 26 heavy (non-hydrogen) atoms. The van der Waals surface area contributed by atoms with Gasteiger partial charge in [-0.1, -0.05) is 0 Å². The Kier molecular flexibility index (Phi) is 6.89. The van der Waals surface area contributed by atoms with E-state index in [1.54, 1.807) is 7.05 Å². The van der Waals surface area contributed by atoms with Crippen LogP contribution in [0.5, 0.6) is 0 Å². The summed E-state index contributed by atoms with van der Waals surface area (Å²) in [6.45, 7) is 8.24. The van der Waals surface area contributed by atoms with Crippen LogP contribution in [0.25, 0.3) is 0 Å². The predicted molar refractivity (Wildman–Crippen MR) is 102 cm³/mol. The van der Waals surface area contributed by atoms with E-state index in [1.807, 2.05) is 0 Å². The first-order valence-electron chi connectivity index (χ1n) is 10.2. The summed E-state index contributed by atoms with van der Waals surface area (Å²) in [7, 11) is 3.82. The molecular weight excluding hydrogens is 330 g/mol. The van der Waals surface area contributed by atoms with E-state index in [4.69, 9.17) is 0 Å². The number of hydrogen-bond donors (Lipinski definition) is 1. The van der Waals surface area contributed by atoms with Crippen LogP contribution in [0.4, 0.5) is 0 Å². The molecule has 0 bridgehead atoms. The second-order valence-corrected chi connectivity index (χ2v) is 8.14. The number of amides is 2. The first-order valence-corrected chi connectivity index (χ1v) is 10.2. The molecule has 0 aromatic carbocycles. The van der Waals surface area contributed by atoms with Crippen LogP contribution < -0.4 is 5.32 Å². The standard InChI is InChI=1S/C19H35N5O2/c1-20-18(25)15-22-8-5-17(6-9-22)24-7-3-4-16(14-24)19(26)23-12-10-21(2)11-13-23/h16-17H,3-15H2,1-2H3,(H,20,25)/t16-/m1/s1. The van der Waals surface area contributed by atoms with E-state index in [-0.39, 0.29) is 11.8 Å². The minimum Gasteiger partial charge on any atom is -0.358 e. The molecule has 3 heterocycles. The van der Waals surface area contributed by atoms with E-state index in [0.717, 1.165) is 78.0 Å². The zero-order chi connectivity index (χ0) is 18.5. The van der Waals surface area contributed by atoms with Gasteiger partial charge in [0.15, 0.2) is 0 Å². The second kappa shape index (κ2) is 9.15. The first-order chi connectivity index (χ1) is 12.6. The van der Waals surface area contributed by atoms with Crippen molar-refractivity contribution in [3.8, 4) is 0 Å². The summed E-state index contributed by atoms with van der Waals surface area (Å²) in [5, 5.41) is 2.70. The summed E-state index contributed by atoms with van der Waals surface area (Å²) in [6.07, 6.45) is 4.37. The van der Waals surface area contributed by atoms with E-state index in [9.17, 15) is 9.59 Å². The van der Waals surface area contributed by atoms with Gasteiger partial charge >= 0.3 is 0 Å². The first kappa shape index (κ1) is 19.6. The number of nitrogens with zero attached hydrogens (tertiary/aromatic N) is 4.